The van der Waals surface area contributed by atoms with Crippen molar-refractivity contribution in [3.05, 3.63) is 41.0 Å². The minimum Gasteiger partial charge on any atom is -0.388 e. The topological polar surface area (TPSA) is 109 Å². The molecule has 2 aromatic rings. The van der Waals surface area contributed by atoms with E-state index >= 15 is 0 Å². The van der Waals surface area contributed by atoms with Crippen molar-refractivity contribution in [2.24, 2.45) is 11.1 Å². The zero-order valence-electron chi connectivity index (χ0n) is 18.1. The minimum absolute atomic E-state index is 0.174. The number of alkyl halides is 1. The van der Waals surface area contributed by atoms with Crippen molar-refractivity contribution in [1.29, 1.82) is 0 Å². The van der Waals surface area contributed by atoms with Gasteiger partial charge in [-0.05, 0) is 23.5 Å². The molecule has 1 aromatic carbocycles. The molecule has 1 aromatic heterocycles. The van der Waals surface area contributed by atoms with E-state index in [1.807, 2.05) is 31.2 Å². The molecule has 2 amide bonds. The highest BCUT2D eigenvalue weighted by atomic mass is 32.1. The predicted molar refractivity (Wildman–Crippen MR) is 118 cm³/mol. The van der Waals surface area contributed by atoms with Gasteiger partial charge in [-0.3, -0.25) is 9.59 Å². The van der Waals surface area contributed by atoms with Crippen LogP contribution < -0.4 is 11.1 Å². The number of rotatable bonds is 5. The van der Waals surface area contributed by atoms with Gasteiger partial charge in [0.2, 0.25) is 11.8 Å². The Kier molecular flexibility index (Phi) is 6.78. The number of hydrogen-bond acceptors (Lipinski definition) is 6. The summed E-state index contributed by atoms with van der Waals surface area (Å²) in [6, 6.07) is 5.32. The SMILES string of the molecule is Cc1ncsc1-c1ccc(CNC(=O)[C@@H]2[C@@H](F)[C@@H](O)CN2C(=O)C(N)C(C)(C)C)cc1. The van der Waals surface area contributed by atoms with Gasteiger partial charge in [0.05, 0.1) is 28.7 Å². The number of benzene rings is 1. The standard InChI is InChI=1S/C22H29FN4O3S/c1-12-18(31-11-26-12)14-7-5-13(6-8-14)9-25-20(29)17-16(23)15(28)10-27(17)21(30)19(24)22(2,3)4/h5-8,11,15-17,19,28H,9-10,24H2,1-4H3,(H,25,29)/t15-,16-,17-,19?/m0/s1. The molecule has 1 aliphatic rings. The van der Waals surface area contributed by atoms with Crippen molar-refractivity contribution in [1.82, 2.24) is 15.2 Å². The van der Waals surface area contributed by atoms with Crippen LogP contribution in [0.4, 0.5) is 4.39 Å². The number of likely N-dealkylation sites (tertiary alicyclic amines) is 1. The second-order valence-electron chi connectivity index (χ2n) is 8.97. The first-order valence-corrected chi connectivity index (χ1v) is 11.0. The van der Waals surface area contributed by atoms with Gasteiger partial charge in [-0.1, -0.05) is 45.0 Å². The highest BCUT2D eigenvalue weighted by Gasteiger charge is 2.49. The molecule has 9 heteroatoms. The van der Waals surface area contributed by atoms with Gasteiger partial charge in [0, 0.05) is 6.54 Å². The van der Waals surface area contributed by atoms with E-state index in [1.54, 1.807) is 37.6 Å². The molecule has 31 heavy (non-hydrogen) atoms. The lowest BCUT2D eigenvalue weighted by molar-refractivity contribution is -0.142. The average molecular weight is 449 g/mol. The number of nitrogens with one attached hydrogen (secondary N) is 1. The Morgan fingerprint density at radius 2 is 2.00 bits per heavy atom. The first-order valence-electron chi connectivity index (χ1n) is 10.2. The number of nitrogens with zero attached hydrogens (tertiary/aromatic N) is 2. The maximum atomic E-state index is 14.6. The molecule has 3 rings (SSSR count). The van der Waals surface area contributed by atoms with Crippen LogP contribution in [-0.2, 0) is 16.1 Å². The van der Waals surface area contributed by atoms with Crippen molar-refractivity contribution in [2.75, 3.05) is 6.54 Å². The lowest BCUT2D eigenvalue weighted by atomic mass is 9.86. The summed E-state index contributed by atoms with van der Waals surface area (Å²) in [5.74, 6) is -1.20. The predicted octanol–water partition coefficient (Wildman–Crippen LogP) is 2.02. The van der Waals surface area contributed by atoms with Crippen LogP contribution in [0, 0.1) is 12.3 Å². The number of carbonyl (C=O) groups excluding carboxylic acids is 2. The number of carbonyl (C=O) groups is 2. The van der Waals surface area contributed by atoms with E-state index in [0.717, 1.165) is 26.6 Å². The number of β-amino-alcohol motifs (C(OH)–C–C–N with tert-alkyl or cyclic N) is 1. The Balaban J connectivity index is 1.68. The van der Waals surface area contributed by atoms with E-state index in [-0.39, 0.29) is 13.1 Å². The number of thiazole rings is 1. The zero-order chi connectivity index (χ0) is 22.9. The van der Waals surface area contributed by atoms with E-state index in [2.05, 4.69) is 10.3 Å². The lowest BCUT2D eigenvalue weighted by Crippen LogP contribution is -2.56. The second-order valence-corrected chi connectivity index (χ2v) is 9.83. The fraction of sp³-hybridized carbons (Fsp3) is 0.500. The molecule has 7 nitrogen and oxygen atoms in total. The third kappa shape index (κ3) is 4.94. The van der Waals surface area contributed by atoms with Crippen molar-refractivity contribution in [2.45, 2.75) is 58.6 Å². The number of hydrogen-bond donors (Lipinski definition) is 3. The molecular formula is C22H29FN4O3S. The van der Waals surface area contributed by atoms with Crippen LogP contribution in [0.25, 0.3) is 10.4 Å². The monoisotopic (exact) mass is 448 g/mol. The molecule has 168 valence electrons. The lowest BCUT2D eigenvalue weighted by Gasteiger charge is -2.32. The number of aromatic nitrogens is 1. The summed E-state index contributed by atoms with van der Waals surface area (Å²) < 4.78 is 14.6. The number of aliphatic hydroxyl groups is 1. The molecule has 0 bridgehead atoms. The van der Waals surface area contributed by atoms with Crippen LogP contribution in [0.15, 0.2) is 29.8 Å². The molecule has 1 saturated heterocycles. The first-order chi connectivity index (χ1) is 14.5. The van der Waals surface area contributed by atoms with Gasteiger partial charge in [-0.15, -0.1) is 11.3 Å². The Labute approximate surface area is 185 Å². The molecule has 0 aliphatic carbocycles. The number of halogens is 1. The van der Waals surface area contributed by atoms with Crippen molar-refractivity contribution >= 4 is 23.2 Å². The highest BCUT2D eigenvalue weighted by Crippen LogP contribution is 2.28. The molecule has 0 radical (unpaired) electrons. The van der Waals surface area contributed by atoms with Crippen LogP contribution in [0.3, 0.4) is 0 Å². The first kappa shape index (κ1) is 23.3. The summed E-state index contributed by atoms with van der Waals surface area (Å²) >= 11 is 1.56. The summed E-state index contributed by atoms with van der Waals surface area (Å²) in [6.07, 6.45) is -3.29. The smallest absolute Gasteiger partial charge is 0.246 e. The van der Waals surface area contributed by atoms with Gasteiger partial charge < -0.3 is 21.1 Å². The third-order valence-electron chi connectivity index (χ3n) is 5.57. The largest absolute Gasteiger partial charge is 0.388 e. The molecule has 2 heterocycles. The van der Waals surface area contributed by atoms with E-state index < -0.39 is 41.6 Å². The summed E-state index contributed by atoms with van der Waals surface area (Å²) in [6.45, 7) is 7.24. The highest BCUT2D eigenvalue weighted by molar-refractivity contribution is 7.13. The second kappa shape index (κ2) is 9.02. The molecular weight excluding hydrogens is 419 g/mol. The van der Waals surface area contributed by atoms with E-state index in [4.69, 9.17) is 5.73 Å². The quantitative estimate of drug-likeness (QED) is 0.649. The summed E-state index contributed by atoms with van der Waals surface area (Å²) in [5, 5.41) is 12.6. The van der Waals surface area contributed by atoms with E-state index in [9.17, 15) is 19.1 Å². The number of aliphatic hydroxyl groups excluding tert-OH is 1. The van der Waals surface area contributed by atoms with Gasteiger partial charge >= 0.3 is 0 Å². The Hall–Kier alpha value is -2.36. The Morgan fingerprint density at radius 1 is 1.35 bits per heavy atom. The number of aryl methyl sites for hydroxylation is 1. The van der Waals surface area contributed by atoms with Crippen LogP contribution >= 0.6 is 11.3 Å². The van der Waals surface area contributed by atoms with Crippen LogP contribution in [0.5, 0.6) is 0 Å². The van der Waals surface area contributed by atoms with Gasteiger partial charge in [0.1, 0.15) is 12.1 Å². The zero-order valence-corrected chi connectivity index (χ0v) is 18.9. The Bertz CT molecular complexity index is 941. The van der Waals surface area contributed by atoms with Crippen molar-refractivity contribution < 1.29 is 19.1 Å². The number of nitrogens with two attached hydrogens (primary N) is 1. The Morgan fingerprint density at radius 3 is 2.55 bits per heavy atom. The van der Waals surface area contributed by atoms with Crippen LogP contribution in [-0.4, -0.2) is 57.7 Å². The maximum absolute atomic E-state index is 14.6. The third-order valence-corrected chi connectivity index (χ3v) is 6.55. The van der Waals surface area contributed by atoms with Gasteiger partial charge in [0.15, 0.2) is 6.17 Å². The molecule has 0 spiro atoms. The number of amides is 2. The molecule has 0 saturated carbocycles. The minimum atomic E-state index is -1.87. The molecule has 1 fully saturated rings. The van der Waals surface area contributed by atoms with E-state index in [0.29, 0.717) is 0 Å². The normalized spacial score (nSPS) is 22.4. The molecule has 1 aliphatic heterocycles. The van der Waals surface area contributed by atoms with Crippen molar-refractivity contribution in [3.8, 4) is 10.4 Å². The van der Waals surface area contributed by atoms with E-state index in [1.165, 1.54) is 0 Å². The van der Waals surface area contributed by atoms with Crippen molar-refractivity contribution in [3.63, 3.8) is 0 Å². The fourth-order valence-corrected chi connectivity index (χ4v) is 4.32. The van der Waals surface area contributed by atoms with Crippen LogP contribution in [0.2, 0.25) is 0 Å². The summed E-state index contributed by atoms with van der Waals surface area (Å²) in [4.78, 5) is 31.9. The summed E-state index contributed by atoms with van der Waals surface area (Å²) in [7, 11) is 0. The van der Waals surface area contributed by atoms with Crippen LogP contribution in [0.1, 0.15) is 32.0 Å². The summed E-state index contributed by atoms with van der Waals surface area (Å²) in [5.41, 5.74) is 10.1. The average Bonchev–Trinajstić information content (AvgIpc) is 3.28. The molecule has 1 unspecified atom stereocenters. The molecule has 4 N–H and O–H groups in total. The van der Waals surface area contributed by atoms with Gasteiger partial charge in [0.25, 0.3) is 0 Å². The van der Waals surface area contributed by atoms with Gasteiger partial charge in [-0.2, -0.15) is 0 Å². The fourth-order valence-electron chi connectivity index (χ4n) is 3.51. The van der Waals surface area contributed by atoms with Gasteiger partial charge in [-0.25, -0.2) is 9.37 Å². The maximum Gasteiger partial charge on any atom is 0.246 e. The molecule has 4 atom stereocenters.